The molecular formula is C5H11NO5. The van der Waals surface area contributed by atoms with E-state index in [2.05, 4.69) is 9.57 Å². The summed E-state index contributed by atoms with van der Waals surface area (Å²) in [5.74, 6) is 0. The van der Waals surface area contributed by atoms with Gasteiger partial charge in [-0.25, -0.2) is 0 Å². The Hall–Kier alpha value is -0.690. The van der Waals surface area contributed by atoms with Gasteiger partial charge in [-0.3, -0.25) is 20.0 Å². The molecule has 6 heteroatoms. The molecule has 0 saturated heterocycles. The van der Waals surface area contributed by atoms with Gasteiger partial charge in [0.15, 0.2) is 0 Å². The zero-order chi connectivity index (χ0) is 8.53. The third-order valence-corrected chi connectivity index (χ3v) is 0.931. The summed E-state index contributed by atoms with van der Waals surface area (Å²) in [7, 11) is 0. The smallest absolute Gasteiger partial charge is 0.293 e. The second kappa shape index (κ2) is 7.42. The monoisotopic (exact) mass is 165 g/mol. The zero-order valence-electron chi connectivity index (χ0n) is 5.97. The lowest BCUT2D eigenvalue weighted by molar-refractivity contribution is -0.492. The summed E-state index contributed by atoms with van der Waals surface area (Å²) in [6.45, 7) is 0.865. The molecule has 0 aromatic heterocycles. The van der Waals surface area contributed by atoms with Crippen LogP contribution in [0.4, 0.5) is 0 Å². The topological polar surface area (TPSA) is 79.2 Å². The van der Waals surface area contributed by atoms with Crippen LogP contribution in [0.15, 0.2) is 0 Å². The molecule has 0 bridgehead atoms. The highest BCUT2D eigenvalue weighted by molar-refractivity contribution is 5.36. The summed E-state index contributed by atoms with van der Waals surface area (Å²) in [6.07, 6.45) is 1.22. The number of unbranched alkanes of at least 4 members (excludes halogenated alkanes) is 1. The third kappa shape index (κ3) is 9.31. The molecule has 0 amide bonds. The molecule has 0 rings (SSSR count). The number of rotatable bonds is 7. The molecule has 0 spiro atoms. The molecular weight excluding hydrogens is 154 g/mol. The van der Waals surface area contributed by atoms with Gasteiger partial charge >= 0.3 is 0 Å². The number of ether oxygens (including phenoxy) is 1. The van der Waals surface area contributed by atoms with Crippen LogP contribution >= 0.6 is 0 Å². The Morgan fingerprint density at radius 2 is 1.91 bits per heavy atom. The fraction of sp³-hybridized carbons (Fsp3) is 0.800. The molecule has 2 N–H and O–H groups in total. The molecule has 0 unspecified atom stereocenters. The summed E-state index contributed by atoms with van der Waals surface area (Å²) in [4.78, 5) is 13.8. The average Bonchev–Trinajstić information content (AvgIpc) is 1.96. The summed E-state index contributed by atoms with van der Waals surface area (Å²) in [5.41, 5.74) is 0. The van der Waals surface area contributed by atoms with Crippen LogP contribution in [0.3, 0.4) is 0 Å². The van der Waals surface area contributed by atoms with Crippen LogP contribution in [-0.4, -0.2) is 35.5 Å². The van der Waals surface area contributed by atoms with Gasteiger partial charge in [0, 0.05) is 0 Å². The van der Waals surface area contributed by atoms with Crippen molar-refractivity contribution in [2.75, 3.05) is 13.2 Å². The second-order valence-corrected chi connectivity index (χ2v) is 1.76. The van der Waals surface area contributed by atoms with Crippen molar-refractivity contribution in [3.05, 3.63) is 0 Å². The highest BCUT2D eigenvalue weighted by atomic mass is 17.1. The van der Waals surface area contributed by atoms with Gasteiger partial charge < -0.3 is 4.74 Å². The lowest BCUT2D eigenvalue weighted by atomic mass is 10.3. The molecule has 0 fully saturated rings. The number of hydrogen-bond acceptors (Lipinski definition) is 6. The largest absolute Gasteiger partial charge is 0.468 e. The standard InChI is InChI=1S/C5H11NO5/c7-5-10-3-1-2-4-11-6(8)9/h5,8-9H,1-4H2. The maximum atomic E-state index is 9.60. The van der Waals surface area contributed by atoms with Gasteiger partial charge in [0.05, 0.1) is 18.6 Å². The Kier molecular flexibility index (Phi) is 6.95. The van der Waals surface area contributed by atoms with E-state index in [-0.39, 0.29) is 12.0 Å². The number of nitrogens with zero attached hydrogens (tertiary/aromatic N) is 1. The molecule has 0 saturated carbocycles. The molecule has 0 aliphatic carbocycles. The predicted octanol–water partition coefficient (Wildman–Crippen LogP) is -0.0484. The maximum absolute atomic E-state index is 9.60. The lowest BCUT2D eigenvalue weighted by Gasteiger charge is -2.04. The van der Waals surface area contributed by atoms with E-state index in [9.17, 15) is 4.79 Å². The third-order valence-electron chi connectivity index (χ3n) is 0.931. The van der Waals surface area contributed by atoms with Crippen LogP contribution in [-0.2, 0) is 14.4 Å². The van der Waals surface area contributed by atoms with E-state index < -0.39 is 0 Å². The molecule has 0 aliphatic rings. The van der Waals surface area contributed by atoms with E-state index in [0.717, 1.165) is 0 Å². The van der Waals surface area contributed by atoms with Crippen LogP contribution < -0.4 is 0 Å². The molecule has 11 heavy (non-hydrogen) atoms. The summed E-state index contributed by atoms with van der Waals surface area (Å²) < 4.78 is 4.37. The van der Waals surface area contributed by atoms with Crippen molar-refractivity contribution in [3.8, 4) is 0 Å². The Labute approximate surface area is 63.8 Å². The minimum Gasteiger partial charge on any atom is -0.468 e. The van der Waals surface area contributed by atoms with E-state index in [0.29, 0.717) is 25.9 Å². The van der Waals surface area contributed by atoms with Gasteiger partial charge in [0.2, 0.25) is 0 Å². The van der Waals surface area contributed by atoms with Crippen LogP contribution in [0.25, 0.3) is 0 Å². The first-order valence-electron chi connectivity index (χ1n) is 3.13. The van der Waals surface area contributed by atoms with Crippen LogP contribution in [0.1, 0.15) is 12.8 Å². The fourth-order valence-electron chi connectivity index (χ4n) is 0.482. The highest BCUT2D eigenvalue weighted by Crippen LogP contribution is 1.90. The van der Waals surface area contributed by atoms with E-state index in [1.165, 1.54) is 0 Å². The van der Waals surface area contributed by atoms with Crippen molar-refractivity contribution >= 4 is 6.47 Å². The van der Waals surface area contributed by atoms with E-state index in [4.69, 9.17) is 10.4 Å². The highest BCUT2D eigenvalue weighted by Gasteiger charge is 1.93. The lowest BCUT2D eigenvalue weighted by Crippen LogP contribution is -2.15. The summed E-state index contributed by atoms with van der Waals surface area (Å²) in [6, 6.07) is 0. The normalized spacial score (nSPS) is 10.1. The van der Waals surface area contributed by atoms with Gasteiger partial charge in [0.25, 0.3) is 6.47 Å². The Bertz CT molecular complexity index is 96.9. The van der Waals surface area contributed by atoms with Crippen LogP contribution in [0, 0.1) is 0 Å². The molecule has 0 aliphatic heterocycles. The van der Waals surface area contributed by atoms with Crippen molar-refractivity contribution in [1.82, 2.24) is 5.39 Å². The van der Waals surface area contributed by atoms with Gasteiger partial charge in [0.1, 0.15) is 0 Å². The second-order valence-electron chi connectivity index (χ2n) is 1.76. The molecule has 0 aromatic carbocycles. The minimum atomic E-state index is -0.347. The maximum Gasteiger partial charge on any atom is 0.293 e. The predicted molar refractivity (Wildman–Crippen MR) is 32.6 cm³/mol. The number of carbonyl (C=O) groups excluding carboxylic acids is 1. The van der Waals surface area contributed by atoms with Crippen molar-refractivity contribution in [2.24, 2.45) is 0 Å². The SMILES string of the molecule is O=COCCCCON(O)O. The molecule has 6 nitrogen and oxygen atoms in total. The Morgan fingerprint density at radius 3 is 2.45 bits per heavy atom. The van der Waals surface area contributed by atoms with Crippen LogP contribution in [0.5, 0.6) is 0 Å². The first kappa shape index (κ1) is 10.3. The summed E-state index contributed by atoms with van der Waals surface area (Å²) in [5, 5.41) is 15.7. The fourth-order valence-corrected chi connectivity index (χ4v) is 0.482. The molecule has 0 aromatic rings. The van der Waals surface area contributed by atoms with Gasteiger partial charge in [-0.15, -0.1) is 0 Å². The molecule has 66 valence electrons. The van der Waals surface area contributed by atoms with Crippen LogP contribution in [0.2, 0.25) is 0 Å². The number of hydrogen-bond donors (Lipinski definition) is 2. The van der Waals surface area contributed by atoms with Gasteiger partial charge in [-0.05, 0) is 12.8 Å². The quantitative estimate of drug-likeness (QED) is 0.313. The van der Waals surface area contributed by atoms with E-state index in [1.807, 2.05) is 0 Å². The summed E-state index contributed by atoms with van der Waals surface area (Å²) >= 11 is 0. The minimum absolute atomic E-state index is 0.176. The molecule has 0 heterocycles. The first-order chi connectivity index (χ1) is 5.27. The van der Waals surface area contributed by atoms with Gasteiger partial charge in [-0.2, -0.15) is 0 Å². The van der Waals surface area contributed by atoms with Gasteiger partial charge in [-0.1, -0.05) is 0 Å². The Morgan fingerprint density at radius 1 is 1.27 bits per heavy atom. The number of carbonyl (C=O) groups is 1. The van der Waals surface area contributed by atoms with Crippen molar-refractivity contribution < 1.29 is 24.8 Å². The van der Waals surface area contributed by atoms with Crippen molar-refractivity contribution in [3.63, 3.8) is 0 Å². The van der Waals surface area contributed by atoms with Crippen molar-refractivity contribution in [1.29, 1.82) is 0 Å². The Balaban J connectivity index is 2.85. The van der Waals surface area contributed by atoms with E-state index >= 15 is 0 Å². The zero-order valence-corrected chi connectivity index (χ0v) is 5.97. The van der Waals surface area contributed by atoms with Crippen molar-refractivity contribution in [2.45, 2.75) is 12.8 Å². The average molecular weight is 165 g/mol. The molecule has 0 radical (unpaired) electrons. The molecule has 0 atom stereocenters. The van der Waals surface area contributed by atoms with E-state index in [1.54, 1.807) is 0 Å². The first-order valence-corrected chi connectivity index (χ1v) is 3.13.